The summed E-state index contributed by atoms with van der Waals surface area (Å²) in [7, 11) is -3.57. The third kappa shape index (κ3) is 5.06. The van der Waals surface area contributed by atoms with E-state index in [1.165, 1.54) is 5.56 Å². The van der Waals surface area contributed by atoms with Crippen molar-refractivity contribution < 1.29 is 18.0 Å². The average molecular weight is 338 g/mol. The van der Waals surface area contributed by atoms with E-state index in [1.54, 1.807) is 4.90 Å². The molecular formula is C16H22N2O4S. The minimum Gasteiger partial charge on any atom is -0.335 e. The standard InChI is InChI=1S/C16H22N2O4S/c1-3-12-4-6-13(7-5-12)11-18-14(8-9-16(18)20)10-15(19)17-23(2,21)22/h4-7,14H,3,8-11H2,1-2H3,(H,17,19). The fourth-order valence-corrected chi connectivity index (χ4v) is 3.26. The Bertz CT molecular complexity index is 683. The smallest absolute Gasteiger partial charge is 0.235 e. The highest BCUT2D eigenvalue weighted by atomic mass is 32.2. The maximum atomic E-state index is 12.1. The van der Waals surface area contributed by atoms with Gasteiger partial charge in [-0.1, -0.05) is 31.2 Å². The highest BCUT2D eigenvalue weighted by Gasteiger charge is 2.32. The second-order valence-corrected chi connectivity index (χ2v) is 7.63. The van der Waals surface area contributed by atoms with Crippen molar-refractivity contribution in [3.63, 3.8) is 0 Å². The molecule has 1 aromatic rings. The van der Waals surface area contributed by atoms with Gasteiger partial charge in [0.1, 0.15) is 0 Å². The fourth-order valence-electron chi connectivity index (χ4n) is 2.76. The summed E-state index contributed by atoms with van der Waals surface area (Å²) in [4.78, 5) is 25.5. The third-order valence-corrected chi connectivity index (χ3v) is 4.56. The number of hydrogen-bond acceptors (Lipinski definition) is 4. The summed E-state index contributed by atoms with van der Waals surface area (Å²) in [5, 5.41) is 0. The monoisotopic (exact) mass is 338 g/mol. The Morgan fingerprint density at radius 3 is 2.43 bits per heavy atom. The number of nitrogens with zero attached hydrogens (tertiary/aromatic N) is 1. The molecule has 0 radical (unpaired) electrons. The van der Waals surface area contributed by atoms with Crippen molar-refractivity contribution in [3.05, 3.63) is 35.4 Å². The summed E-state index contributed by atoms with van der Waals surface area (Å²) in [6.45, 7) is 2.52. The predicted octanol–water partition coefficient (Wildman–Crippen LogP) is 1.21. The van der Waals surface area contributed by atoms with Crippen LogP contribution in [0.15, 0.2) is 24.3 Å². The lowest BCUT2D eigenvalue weighted by atomic mass is 10.1. The molecule has 1 aliphatic heterocycles. The molecule has 1 unspecified atom stereocenters. The molecule has 1 N–H and O–H groups in total. The summed E-state index contributed by atoms with van der Waals surface area (Å²) in [6, 6.07) is 7.77. The van der Waals surface area contributed by atoms with E-state index in [4.69, 9.17) is 0 Å². The van der Waals surface area contributed by atoms with E-state index in [0.29, 0.717) is 19.4 Å². The van der Waals surface area contributed by atoms with Crippen molar-refractivity contribution in [1.82, 2.24) is 9.62 Å². The molecule has 6 nitrogen and oxygen atoms in total. The van der Waals surface area contributed by atoms with Crippen LogP contribution in [-0.2, 0) is 32.6 Å². The van der Waals surface area contributed by atoms with Gasteiger partial charge in [-0.2, -0.15) is 0 Å². The first-order valence-electron chi connectivity index (χ1n) is 7.66. The maximum Gasteiger partial charge on any atom is 0.235 e. The van der Waals surface area contributed by atoms with Crippen LogP contribution in [-0.4, -0.2) is 37.4 Å². The number of hydrogen-bond donors (Lipinski definition) is 1. The second-order valence-electron chi connectivity index (χ2n) is 5.89. The normalized spacial score (nSPS) is 18.3. The van der Waals surface area contributed by atoms with Crippen LogP contribution in [0.25, 0.3) is 0 Å². The molecular weight excluding hydrogens is 316 g/mol. The van der Waals surface area contributed by atoms with Gasteiger partial charge < -0.3 is 4.90 Å². The Morgan fingerprint density at radius 1 is 1.26 bits per heavy atom. The van der Waals surface area contributed by atoms with E-state index in [2.05, 4.69) is 6.92 Å². The Balaban J connectivity index is 2.02. The molecule has 0 aliphatic carbocycles. The molecule has 1 atom stereocenters. The van der Waals surface area contributed by atoms with Gasteiger partial charge in [0, 0.05) is 25.4 Å². The topological polar surface area (TPSA) is 83.6 Å². The summed E-state index contributed by atoms with van der Waals surface area (Å²) in [6.07, 6.45) is 2.87. The summed E-state index contributed by atoms with van der Waals surface area (Å²) < 4.78 is 24.2. The molecule has 1 saturated heterocycles. The van der Waals surface area contributed by atoms with Gasteiger partial charge >= 0.3 is 0 Å². The zero-order valence-corrected chi connectivity index (χ0v) is 14.2. The van der Waals surface area contributed by atoms with Crippen LogP contribution in [0.3, 0.4) is 0 Å². The van der Waals surface area contributed by atoms with Crippen molar-refractivity contribution in [1.29, 1.82) is 0 Å². The van der Waals surface area contributed by atoms with Crippen LogP contribution < -0.4 is 4.72 Å². The molecule has 0 saturated carbocycles. The van der Waals surface area contributed by atoms with E-state index in [-0.39, 0.29) is 18.4 Å². The van der Waals surface area contributed by atoms with Gasteiger partial charge in [0.2, 0.25) is 21.8 Å². The van der Waals surface area contributed by atoms with Crippen LogP contribution in [0.4, 0.5) is 0 Å². The van der Waals surface area contributed by atoms with Crippen LogP contribution in [0.5, 0.6) is 0 Å². The van der Waals surface area contributed by atoms with E-state index in [0.717, 1.165) is 18.2 Å². The van der Waals surface area contributed by atoms with Crippen LogP contribution in [0.1, 0.15) is 37.3 Å². The molecule has 1 aromatic carbocycles. The van der Waals surface area contributed by atoms with Crippen molar-refractivity contribution in [2.24, 2.45) is 0 Å². The maximum absolute atomic E-state index is 12.1. The lowest BCUT2D eigenvalue weighted by Crippen LogP contribution is -2.38. The van der Waals surface area contributed by atoms with Crippen LogP contribution in [0, 0.1) is 0 Å². The van der Waals surface area contributed by atoms with Crippen molar-refractivity contribution in [2.75, 3.05) is 6.26 Å². The number of rotatable bonds is 6. The first-order valence-corrected chi connectivity index (χ1v) is 9.55. The molecule has 23 heavy (non-hydrogen) atoms. The largest absolute Gasteiger partial charge is 0.335 e. The first-order chi connectivity index (χ1) is 10.8. The van der Waals surface area contributed by atoms with E-state index in [1.807, 2.05) is 29.0 Å². The molecule has 2 amide bonds. The van der Waals surface area contributed by atoms with Crippen LogP contribution >= 0.6 is 0 Å². The Kier molecular flexibility index (Phi) is 5.41. The molecule has 0 bridgehead atoms. The SMILES string of the molecule is CCc1ccc(CN2C(=O)CCC2CC(=O)NS(C)(=O)=O)cc1. The molecule has 1 aliphatic rings. The summed E-state index contributed by atoms with van der Waals surface area (Å²) >= 11 is 0. The lowest BCUT2D eigenvalue weighted by Gasteiger charge is -2.24. The van der Waals surface area contributed by atoms with E-state index >= 15 is 0 Å². The van der Waals surface area contributed by atoms with Gasteiger partial charge in [0.15, 0.2) is 0 Å². The third-order valence-electron chi connectivity index (χ3n) is 3.96. The zero-order chi connectivity index (χ0) is 17.0. The van der Waals surface area contributed by atoms with Gasteiger partial charge in [-0.3, -0.25) is 14.3 Å². The number of likely N-dealkylation sites (tertiary alicyclic amines) is 1. The van der Waals surface area contributed by atoms with Gasteiger partial charge in [0.25, 0.3) is 0 Å². The molecule has 2 rings (SSSR count). The highest BCUT2D eigenvalue weighted by Crippen LogP contribution is 2.24. The number of nitrogens with one attached hydrogen (secondary N) is 1. The first kappa shape index (κ1) is 17.5. The minimum absolute atomic E-state index is 0.00160. The molecule has 126 valence electrons. The van der Waals surface area contributed by atoms with E-state index < -0.39 is 15.9 Å². The second kappa shape index (κ2) is 7.12. The highest BCUT2D eigenvalue weighted by molar-refractivity contribution is 7.89. The van der Waals surface area contributed by atoms with Crippen molar-refractivity contribution >= 4 is 21.8 Å². The van der Waals surface area contributed by atoms with E-state index in [9.17, 15) is 18.0 Å². The molecule has 0 spiro atoms. The number of benzene rings is 1. The lowest BCUT2D eigenvalue weighted by molar-refractivity contribution is -0.130. The number of carbonyl (C=O) groups excluding carboxylic acids is 2. The molecule has 1 heterocycles. The number of carbonyl (C=O) groups is 2. The average Bonchev–Trinajstić information content (AvgIpc) is 2.79. The van der Waals surface area contributed by atoms with Gasteiger partial charge in [-0.05, 0) is 24.0 Å². The number of aryl methyl sites for hydroxylation is 1. The van der Waals surface area contributed by atoms with Crippen LogP contribution in [0.2, 0.25) is 0 Å². The van der Waals surface area contributed by atoms with Crippen molar-refractivity contribution in [3.8, 4) is 0 Å². The van der Waals surface area contributed by atoms with Gasteiger partial charge in [-0.25, -0.2) is 8.42 Å². The molecule has 0 aromatic heterocycles. The number of amides is 2. The quantitative estimate of drug-likeness (QED) is 0.845. The Morgan fingerprint density at radius 2 is 1.87 bits per heavy atom. The summed E-state index contributed by atoms with van der Waals surface area (Å²) in [5.74, 6) is -0.569. The van der Waals surface area contributed by atoms with Crippen molar-refractivity contribution in [2.45, 2.75) is 45.2 Å². The van der Waals surface area contributed by atoms with Gasteiger partial charge in [0.05, 0.1) is 6.26 Å². The molecule has 7 heteroatoms. The minimum atomic E-state index is -3.57. The fraction of sp³-hybridized carbons (Fsp3) is 0.500. The predicted molar refractivity (Wildman–Crippen MR) is 87.0 cm³/mol. The Labute approximate surface area is 136 Å². The Hall–Kier alpha value is -1.89. The number of sulfonamides is 1. The van der Waals surface area contributed by atoms with Gasteiger partial charge in [-0.15, -0.1) is 0 Å². The zero-order valence-electron chi connectivity index (χ0n) is 13.4. The summed E-state index contributed by atoms with van der Waals surface area (Å²) in [5.41, 5.74) is 2.23. The molecule has 1 fully saturated rings.